The number of fused-ring (bicyclic) bond motifs is 1. The number of carbonyl (C=O) groups excluding carboxylic acids is 1. The number of nitro groups is 1. The topological polar surface area (TPSA) is 121 Å². The molecule has 0 atom stereocenters. The van der Waals surface area contributed by atoms with E-state index in [1.807, 2.05) is 31.4 Å². The molecular weight excluding hydrogens is 470 g/mol. The minimum absolute atomic E-state index is 0.0695. The summed E-state index contributed by atoms with van der Waals surface area (Å²) in [4.78, 5) is 30.0. The van der Waals surface area contributed by atoms with E-state index in [4.69, 9.17) is 14.5 Å². The summed E-state index contributed by atoms with van der Waals surface area (Å²) in [7, 11) is 2.88. The van der Waals surface area contributed by atoms with Gasteiger partial charge < -0.3 is 14.8 Å². The van der Waals surface area contributed by atoms with E-state index in [1.54, 1.807) is 23.0 Å². The van der Waals surface area contributed by atoms with Crippen molar-refractivity contribution in [1.82, 2.24) is 20.1 Å². The van der Waals surface area contributed by atoms with Gasteiger partial charge in [-0.2, -0.15) is 5.10 Å². The van der Waals surface area contributed by atoms with Crippen LogP contribution < -0.4 is 14.8 Å². The molecule has 0 saturated heterocycles. The first-order valence-electron chi connectivity index (χ1n) is 10.9. The van der Waals surface area contributed by atoms with E-state index in [-0.39, 0.29) is 36.4 Å². The van der Waals surface area contributed by atoms with Gasteiger partial charge in [-0.15, -0.1) is 11.3 Å². The van der Waals surface area contributed by atoms with Crippen LogP contribution in [0.3, 0.4) is 0 Å². The van der Waals surface area contributed by atoms with Crippen molar-refractivity contribution >= 4 is 34.0 Å². The number of thiophene rings is 1. The number of pyridine rings is 1. The molecule has 0 aliphatic rings. The van der Waals surface area contributed by atoms with Crippen LogP contribution in [0.2, 0.25) is 0 Å². The molecule has 1 aromatic carbocycles. The van der Waals surface area contributed by atoms with Crippen LogP contribution in [0.4, 0.5) is 5.69 Å². The zero-order chi connectivity index (χ0) is 25.1. The molecule has 3 aromatic heterocycles. The summed E-state index contributed by atoms with van der Waals surface area (Å²) in [5.74, 6) is 0.355. The maximum absolute atomic E-state index is 13.2. The third kappa shape index (κ3) is 4.80. The lowest BCUT2D eigenvalue weighted by Crippen LogP contribution is -2.26. The zero-order valence-corrected chi connectivity index (χ0v) is 20.6. The Hall–Kier alpha value is -3.99. The highest BCUT2D eigenvalue weighted by Crippen LogP contribution is 2.34. The Labute approximate surface area is 205 Å². The standard InChI is InChI=1S/C24H25N5O5S/c1-14(2)28-23-17(13-26-28)16(11-18(27-23)22-6-5-9-35-22)24(30)25-8-7-15-10-20(33-3)21(34-4)12-19(15)29(31)32/h5-6,9-14H,7-8H2,1-4H3,(H,25,30). The predicted molar refractivity (Wildman–Crippen MR) is 133 cm³/mol. The van der Waals surface area contributed by atoms with Crippen LogP contribution in [-0.2, 0) is 6.42 Å². The number of methoxy groups -OCH3 is 2. The largest absolute Gasteiger partial charge is 0.493 e. The first-order valence-corrected chi connectivity index (χ1v) is 11.8. The van der Waals surface area contributed by atoms with Gasteiger partial charge in [0.15, 0.2) is 17.1 Å². The highest BCUT2D eigenvalue weighted by Gasteiger charge is 2.21. The number of rotatable bonds is 9. The van der Waals surface area contributed by atoms with E-state index in [2.05, 4.69) is 10.4 Å². The van der Waals surface area contributed by atoms with Crippen LogP contribution in [0.5, 0.6) is 11.5 Å². The average Bonchev–Trinajstić information content (AvgIpc) is 3.53. The number of amides is 1. The van der Waals surface area contributed by atoms with Gasteiger partial charge in [0.1, 0.15) is 0 Å². The van der Waals surface area contributed by atoms with Gasteiger partial charge in [0.05, 0.1) is 52.9 Å². The van der Waals surface area contributed by atoms with Crippen molar-refractivity contribution in [3.63, 3.8) is 0 Å². The second-order valence-corrected chi connectivity index (χ2v) is 9.00. The quantitative estimate of drug-likeness (QED) is 0.265. The first-order chi connectivity index (χ1) is 16.8. The number of benzene rings is 1. The monoisotopic (exact) mass is 495 g/mol. The Bertz CT molecular complexity index is 1380. The molecule has 0 saturated carbocycles. The van der Waals surface area contributed by atoms with Crippen molar-refractivity contribution in [3.8, 4) is 22.1 Å². The fourth-order valence-electron chi connectivity index (χ4n) is 3.82. The summed E-state index contributed by atoms with van der Waals surface area (Å²) < 4.78 is 12.2. The van der Waals surface area contributed by atoms with Crippen molar-refractivity contribution in [3.05, 3.63) is 63.1 Å². The van der Waals surface area contributed by atoms with Crippen LogP contribution in [0.1, 0.15) is 35.8 Å². The number of hydrogen-bond donors (Lipinski definition) is 1. The van der Waals surface area contributed by atoms with Gasteiger partial charge in [0.2, 0.25) is 0 Å². The Morgan fingerprint density at radius 2 is 1.97 bits per heavy atom. The SMILES string of the molecule is COc1cc(CCNC(=O)c2cc(-c3cccs3)nc3c2cnn3C(C)C)c([N+](=O)[O-])cc1OC. The first kappa shape index (κ1) is 24.1. The summed E-state index contributed by atoms with van der Waals surface area (Å²) in [6, 6.07) is 8.61. The normalized spacial score (nSPS) is 11.1. The highest BCUT2D eigenvalue weighted by atomic mass is 32.1. The molecular formula is C24H25N5O5S. The lowest BCUT2D eigenvalue weighted by Gasteiger charge is -2.12. The van der Waals surface area contributed by atoms with E-state index in [0.29, 0.717) is 33.6 Å². The third-order valence-corrected chi connectivity index (χ3v) is 6.43. The summed E-state index contributed by atoms with van der Waals surface area (Å²) in [5.41, 5.74) is 2.11. The molecule has 0 spiro atoms. The number of ether oxygens (including phenoxy) is 2. The number of nitrogens with zero attached hydrogens (tertiary/aromatic N) is 4. The molecule has 4 rings (SSSR count). The van der Waals surface area contributed by atoms with Gasteiger partial charge in [0, 0.05) is 18.2 Å². The zero-order valence-electron chi connectivity index (χ0n) is 19.8. The van der Waals surface area contributed by atoms with Crippen molar-refractivity contribution in [2.45, 2.75) is 26.3 Å². The maximum atomic E-state index is 13.2. The van der Waals surface area contributed by atoms with E-state index in [9.17, 15) is 14.9 Å². The fourth-order valence-corrected chi connectivity index (χ4v) is 4.51. The van der Waals surface area contributed by atoms with E-state index < -0.39 is 4.92 Å². The fraction of sp³-hybridized carbons (Fsp3) is 0.292. The number of nitrogens with one attached hydrogen (secondary N) is 1. The molecule has 0 unspecified atom stereocenters. The van der Waals surface area contributed by atoms with Crippen LogP contribution >= 0.6 is 11.3 Å². The number of nitro benzene ring substituents is 1. The van der Waals surface area contributed by atoms with Crippen molar-refractivity contribution < 1.29 is 19.2 Å². The molecule has 11 heteroatoms. The summed E-state index contributed by atoms with van der Waals surface area (Å²) >= 11 is 1.54. The van der Waals surface area contributed by atoms with E-state index in [1.165, 1.54) is 31.6 Å². The molecule has 1 amide bonds. The molecule has 1 N–H and O–H groups in total. The average molecular weight is 496 g/mol. The van der Waals surface area contributed by atoms with Crippen LogP contribution in [0.25, 0.3) is 21.6 Å². The summed E-state index contributed by atoms with van der Waals surface area (Å²) in [6.45, 7) is 4.19. The van der Waals surface area contributed by atoms with Gasteiger partial charge in [-0.25, -0.2) is 9.67 Å². The molecule has 3 heterocycles. The molecule has 0 aliphatic carbocycles. The number of aromatic nitrogens is 3. The smallest absolute Gasteiger partial charge is 0.276 e. The van der Waals surface area contributed by atoms with Crippen LogP contribution in [0, 0.1) is 10.1 Å². The Morgan fingerprint density at radius 1 is 1.23 bits per heavy atom. The van der Waals surface area contributed by atoms with Crippen molar-refractivity contribution in [2.24, 2.45) is 0 Å². The van der Waals surface area contributed by atoms with Gasteiger partial charge in [-0.1, -0.05) is 6.07 Å². The van der Waals surface area contributed by atoms with Gasteiger partial charge in [-0.05, 0) is 43.8 Å². The van der Waals surface area contributed by atoms with Crippen LogP contribution in [-0.4, -0.2) is 46.4 Å². The molecule has 182 valence electrons. The van der Waals surface area contributed by atoms with Gasteiger partial charge in [0.25, 0.3) is 11.6 Å². The van der Waals surface area contributed by atoms with Crippen molar-refractivity contribution in [1.29, 1.82) is 0 Å². The lowest BCUT2D eigenvalue weighted by molar-refractivity contribution is -0.385. The highest BCUT2D eigenvalue weighted by molar-refractivity contribution is 7.13. The Kier molecular flexibility index (Phi) is 6.97. The van der Waals surface area contributed by atoms with Crippen molar-refractivity contribution in [2.75, 3.05) is 20.8 Å². The Morgan fingerprint density at radius 3 is 2.60 bits per heavy atom. The second kappa shape index (κ2) is 10.1. The molecule has 0 bridgehead atoms. The van der Waals surface area contributed by atoms with Gasteiger partial charge >= 0.3 is 0 Å². The summed E-state index contributed by atoms with van der Waals surface area (Å²) in [5, 5.41) is 21.5. The minimum atomic E-state index is -0.473. The number of hydrogen-bond acceptors (Lipinski definition) is 8. The van der Waals surface area contributed by atoms with Gasteiger partial charge in [-0.3, -0.25) is 14.9 Å². The number of carbonyl (C=O) groups is 1. The Balaban J connectivity index is 1.62. The van der Waals surface area contributed by atoms with E-state index >= 15 is 0 Å². The molecule has 0 fully saturated rings. The predicted octanol–water partition coefficient (Wildman–Crippen LogP) is 4.64. The molecule has 35 heavy (non-hydrogen) atoms. The summed E-state index contributed by atoms with van der Waals surface area (Å²) in [6.07, 6.45) is 1.88. The molecule has 4 aromatic rings. The molecule has 10 nitrogen and oxygen atoms in total. The second-order valence-electron chi connectivity index (χ2n) is 8.05. The maximum Gasteiger partial charge on any atom is 0.276 e. The minimum Gasteiger partial charge on any atom is -0.493 e. The molecule has 0 radical (unpaired) electrons. The van der Waals surface area contributed by atoms with Crippen LogP contribution in [0.15, 0.2) is 41.9 Å². The lowest BCUT2D eigenvalue weighted by atomic mass is 10.1. The third-order valence-electron chi connectivity index (χ3n) is 5.54. The molecule has 0 aliphatic heterocycles. The van der Waals surface area contributed by atoms with E-state index in [0.717, 1.165) is 4.88 Å².